The van der Waals surface area contributed by atoms with E-state index >= 15 is 0 Å². The van der Waals surface area contributed by atoms with E-state index in [9.17, 15) is 10.1 Å². The molecule has 1 amide bonds. The van der Waals surface area contributed by atoms with E-state index in [0.717, 1.165) is 55.3 Å². The van der Waals surface area contributed by atoms with Gasteiger partial charge in [-0.1, -0.05) is 45.9 Å². The van der Waals surface area contributed by atoms with E-state index in [1.807, 2.05) is 86.9 Å². The molecular formula is C34H30BrN7O2S. The Morgan fingerprint density at radius 2 is 1.47 bits per heavy atom. The van der Waals surface area contributed by atoms with Crippen molar-refractivity contribution >= 4 is 39.3 Å². The van der Waals surface area contributed by atoms with Crippen LogP contribution >= 0.6 is 27.7 Å². The standard InChI is InChI=1S/C23H22N4O2S.C11H8BrN3/c1-27-22(7-10-25-27)21-6-5-20(13-17(21)15-24)30-19-4-2-3-18(14-19)26-23(28)16-8-11-29-12-9-16;1-15-11(4-5-14-15)10-3-2-9(12)6-8(10)7-13/h2-7,10,13-14,16H,8-9,11-12H2,1H3,(H,26,28);2-6H,1H3. The number of nitrogens with zero attached hydrogens (tertiary/aromatic N) is 6. The summed E-state index contributed by atoms with van der Waals surface area (Å²) in [5.74, 6) is 0.0561. The van der Waals surface area contributed by atoms with Crippen molar-refractivity contribution in [2.45, 2.75) is 22.6 Å². The van der Waals surface area contributed by atoms with Crippen LogP contribution in [-0.2, 0) is 23.6 Å². The van der Waals surface area contributed by atoms with Gasteiger partial charge in [-0.05, 0) is 67.4 Å². The topological polar surface area (TPSA) is 122 Å². The van der Waals surface area contributed by atoms with Gasteiger partial charge in [0.15, 0.2) is 0 Å². The van der Waals surface area contributed by atoms with Crippen LogP contribution in [0.3, 0.4) is 0 Å². The summed E-state index contributed by atoms with van der Waals surface area (Å²) in [6.07, 6.45) is 4.97. The van der Waals surface area contributed by atoms with Crippen LogP contribution in [0.5, 0.6) is 0 Å². The highest BCUT2D eigenvalue weighted by molar-refractivity contribution is 9.10. The van der Waals surface area contributed by atoms with Crippen LogP contribution in [0.2, 0.25) is 0 Å². The molecule has 0 bridgehead atoms. The molecule has 0 unspecified atom stereocenters. The molecule has 9 nitrogen and oxygen atoms in total. The monoisotopic (exact) mass is 679 g/mol. The summed E-state index contributed by atoms with van der Waals surface area (Å²) in [6, 6.07) is 27.5. The number of aryl methyl sites for hydroxylation is 2. The summed E-state index contributed by atoms with van der Waals surface area (Å²) in [4.78, 5) is 14.4. The molecule has 1 aliphatic rings. The lowest BCUT2D eigenvalue weighted by Crippen LogP contribution is -2.28. The number of ether oxygens (including phenoxy) is 1. The molecule has 1 fully saturated rings. The van der Waals surface area contributed by atoms with E-state index < -0.39 is 0 Å². The number of anilines is 1. The number of carbonyl (C=O) groups is 1. The van der Waals surface area contributed by atoms with E-state index in [1.165, 1.54) is 0 Å². The fraction of sp³-hybridized carbons (Fsp3) is 0.206. The quantitative estimate of drug-likeness (QED) is 0.201. The molecule has 6 rings (SSSR count). The Kier molecular flexibility index (Phi) is 10.5. The maximum absolute atomic E-state index is 12.5. The maximum atomic E-state index is 12.5. The molecule has 0 saturated carbocycles. The Morgan fingerprint density at radius 3 is 2.07 bits per heavy atom. The molecule has 0 spiro atoms. The second kappa shape index (κ2) is 14.9. The molecule has 1 N–H and O–H groups in total. The molecule has 226 valence electrons. The SMILES string of the molecule is Cn1nccc1-c1ccc(Br)cc1C#N.Cn1nccc1-c1ccc(Sc2cccc(NC(=O)C3CCOCC3)c2)cc1C#N. The van der Waals surface area contributed by atoms with Crippen molar-refractivity contribution in [1.29, 1.82) is 10.5 Å². The van der Waals surface area contributed by atoms with Gasteiger partial charge >= 0.3 is 0 Å². The molecule has 3 heterocycles. The van der Waals surface area contributed by atoms with E-state index in [2.05, 4.69) is 43.6 Å². The Bertz CT molecular complexity index is 1900. The first-order chi connectivity index (χ1) is 21.9. The lowest BCUT2D eigenvalue weighted by Gasteiger charge is -2.21. The first-order valence-electron chi connectivity index (χ1n) is 14.2. The predicted octanol–water partition coefficient (Wildman–Crippen LogP) is 7.20. The van der Waals surface area contributed by atoms with Gasteiger partial charge in [-0.2, -0.15) is 20.7 Å². The van der Waals surface area contributed by atoms with Crippen molar-refractivity contribution in [1.82, 2.24) is 19.6 Å². The van der Waals surface area contributed by atoms with Gasteiger partial charge in [0, 0.05) is 76.7 Å². The molecule has 2 aromatic heterocycles. The van der Waals surface area contributed by atoms with Crippen LogP contribution < -0.4 is 5.32 Å². The van der Waals surface area contributed by atoms with Crippen molar-refractivity contribution in [3.63, 3.8) is 0 Å². The van der Waals surface area contributed by atoms with Crippen molar-refractivity contribution in [2.75, 3.05) is 18.5 Å². The minimum atomic E-state index is 0.00722. The summed E-state index contributed by atoms with van der Waals surface area (Å²) in [7, 11) is 3.72. The zero-order valence-corrected chi connectivity index (χ0v) is 27.2. The second-order valence-corrected chi connectivity index (χ2v) is 12.4. The van der Waals surface area contributed by atoms with Gasteiger partial charge in [-0.25, -0.2) is 0 Å². The third-order valence-corrected chi connectivity index (χ3v) is 8.81. The number of rotatable bonds is 6. The second-order valence-electron chi connectivity index (χ2n) is 10.3. The zero-order chi connectivity index (χ0) is 31.8. The Hall–Kier alpha value is -4.68. The van der Waals surface area contributed by atoms with Gasteiger partial charge in [-0.15, -0.1) is 0 Å². The van der Waals surface area contributed by atoms with Crippen molar-refractivity contribution in [3.8, 4) is 34.7 Å². The van der Waals surface area contributed by atoms with Crippen LogP contribution in [-0.4, -0.2) is 38.7 Å². The number of halogens is 1. The largest absolute Gasteiger partial charge is 0.381 e. The van der Waals surface area contributed by atoms with Gasteiger partial charge in [0.05, 0.1) is 34.7 Å². The number of amides is 1. The minimum absolute atomic E-state index is 0.00722. The molecule has 0 radical (unpaired) electrons. The number of hydrogen-bond donors (Lipinski definition) is 1. The predicted molar refractivity (Wildman–Crippen MR) is 177 cm³/mol. The van der Waals surface area contributed by atoms with E-state index in [4.69, 9.17) is 10.00 Å². The van der Waals surface area contributed by atoms with Gasteiger partial charge in [-0.3, -0.25) is 14.2 Å². The Balaban J connectivity index is 0.000000223. The molecule has 1 saturated heterocycles. The molecule has 5 aromatic rings. The number of carbonyl (C=O) groups excluding carboxylic acids is 1. The fourth-order valence-electron chi connectivity index (χ4n) is 4.99. The third kappa shape index (κ3) is 7.89. The van der Waals surface area contributed by atoms with Crippen molar-refractivity contribution in [2.24, 2.45) is 20.0 Å². The van der Waals surface area contributed by atoms with E-state index in [1.54, 1.807) is 33.5 Å². The first kappa shape index (κ1) is 31.7. The summed E-state index contributed by atoms with van der Waals surface area (Å²) in [5, 5.41) is 29.9. The number of aromatic nitrogens is 4. The molecule has 45 heavy (non-hydrogen) atoms. The highest BCUT2D eigenvalue weighted by atomic mass is 79.9. The van der Waals surface area contributed by atoms with Crippen molar-refractivity contribution in [3.05, 3.63) is 101 Å². The van der Waals surface area contributed by atoms with Gasteiger partial charge in [0.25, 0.3) is 0 Å². The van der Waals surface area contributed by atoms with Crippen LogP contribution in [0.15, 0.2) is 99.5 Å². The molecule has 0 aliphatic carbocycles. The molecular weight excluding hydrogens is 650 g/mol. The number of hydrogen-bond acceptors (Lipinski definition) is 7. The highest BCUT2D eigenvalue weighted by Gasteiger charge is 2.21. The van der Waals surface area contributed by atoms with Gasteiger partial charge in [0.2, 0.25) is 5.91 Å². The maximum Gasteiger partial charge on any atom is 0.227 e. The summed E-state index contributed by atoms with van der Waals surface area (Å²) >= 11 is 4.90. The van der Waals surface area contributed by atoms with Crippen LogP contribution in [0.1, 0.15) is 24.0 Å². The zero-order valence-electron chi connectivity index (χ0n) is 24.8. The molecule has 11 heteroatoms. The normalized spacial score (nSPS) is 12.8. The lowest BCUT2D eigenvalue weighted by atomic mass is 9.99. The first-order valence-corrected chi connectivity index (χ1v) is 15.8. The minimum Gasteiger partial charge on any atom is -0.381 e. The Morgan fingerprint density at radius 1 is 0.867 bits per heavy atom. The fourth-order valence-corrected chi connectivity index (χ4v) is 6.27. The summed E-state index contributed by atoms with van der Waals surface area (Å²) < 4.78 is 9.75. The summed E-state index contributed by atoms with van der Waals surface area (Å²) in [5.41, 5.74) is 5.64. The number of nitrogens with one attached hydrogen (secondary N) is 1. The average Bonchev–Trinajstić information content (AvgIpc) is 3.69. The van der Waals surface area contributed by atoms with Crippen molar-refractivity contribution < 1.29 is 9.53 Å². The van der Waals surface area contributed by atoms with E-state index in [-0.39, 0.29) is 11.8 Å². The Labute approximate surface area is 274 Å². The van der Waals surface area contributed by atoms with E-state index in [0.29, 0.717) is 24.3 Å². The number of nitriles is 2. The molecule has 0 atom stereocenters. The lowest BCUT2D eigenvalue weighted by molar-refractivity contribution is -0.122. The summed E-state index contributed by atoms with van der Waals surface area (Å²) in [6.45, 7) is 1.29. The van der Waals surface area contributed by atoms with Gasteiger partial charge in [0.1, 0.15) is 0 Å². The average molecular weight is 681 g/mol. The molecule has 1 aliphatic heterocycles. The molecule has 3 aromatic carbocycles. The number of benzene rings is 3. The van der Waals surface area contributed by atoms with Gasteiger partial charge < -0.3 is 10.1 Å². The third-order valence-electron chi connectivity index (χ3n) is 7.34. The smallest absolute Gasteiger partial charge is 0.227 e. The van der Waals surface area contributed by atoms with Crippen LogP contribution in [0, 0.1) is 28.6 Å². The highest BCUT2D eigenvalue weighted by Crippen LogP contribution is 2.33. The van der Waals surface area contributed by atoms with Crippen LogP contribution in [0.25, 0.3) is 22.5 Å². The van der Waals surface area contributed by atoms with Crippen LogP contribution in [0.4, 0.5) is 5.69 Å².